The molecule has 5 heteroatoms. The monoisotopic (exact) mass is 263 g/mol. The summed E-state index contributed by atoms with van der Waals surface area (Å²) >= 11 is 0. The summed E-state index contributed by atoms with van der Waals surface area (Å²) in [5, 5.41) is 7.54. The number of benzene rings is 1. The van der Waals surface area contributed by atoms with Crippen LogP contribution in [0.3, 0.4) is 0 Å². The van der Waals surface area contributed by atoms with Gasteiger partial charge in [0.25, 0.3) is 0 Å². The summed E-state index contributed by atoms with van der Waals surface area (Å²) in [4.78, 5) is 0. The Morgan fingerprint density at radius 2 is 2.16 bits per heavy atom. The van der Waals surface area contributed by atoms with Gasteiger partial charge in [-0.25, -0.2) is 4.39 Å². The molecular formula is C14H18FN3O. The Hall–Kier alpha value is -2.04. The van der Waals surface area contributed by atoms with Crippen molar-refractivity contribution in [2.45, 2.75) is 20.0 Å². The molecule has 0 spiro atoms. The number of hydrogen-bond donors (Lipinski definition) is 1. The van der Waals surface area contributed by atoms with Gasteiger partial charge in [-0.15, -0.1) is 0 Å². The number of aryl methyl sites for hydroxylation is 2. The number of halogens is 1. The number of alkyl halides is 1. The summed E-state index contributed by atoms with van der Waals surface area (Å²) in [6.45, 7) is 2.45. The van der Waals surface area contributed by atoms with E-state index in [4.69, 9.17) is 4.74 Å². The molecule has 0 bridgehead atoms. The van der Waals surface area contributed by atoms with Crippen molar-refractivity contribution in [1.82, 2.24) is 9.78 Å². The van der Waals surface area contributed by atoms with E-state index in [1.807, 2.05) is 37.4 Å². The summed E-state index contributed by atoms with van der Waals surface area (Å²) in [6.07, 6.45) is 1.84. The molecule has 2 rings (SSSR count). The molecule has 19 heavy (non-hydrogen) atoms. The molecule has 4 nitrogen and oxygen atoms in total. The molecule has 2 aromatic rings. The minimum Gasteiger partial charge on any atom is -0.496 e. The highest BCUT2D eigenvalue weighted by Crippen LogP contribution is 2.19. The van der Waals surface area contributed by atoms with E-state index in [1.54, 1.807) is 11.8 Å². The Labute approximate surface area is 112 Å². The Morgan fingerprint density at radius 3 is 2.89 bits per heavy atom. The number of para-hydroxylation sites is 1. The van der Waals surface area contributed by atoms with Crippen molar-refractivity contribution in [3.63, 3.8) is 0 Å². The van der Waals surface area contributed by atoms with Gasteiger partial charge in [0.05, 0.1) is 13.7 Å². The third-order valence-corrected chi connectivity index (χ3v) is 2.90. The van der Waals surface area contributed by atoms with Gasteiger partial charge in [-0.05, 0) is 13.0 Å². The molecule has 0 unspecified atom stereocenters. The van der Waals surface area contributed by atoms with Crippen molar-refractivity contribution < 1.29 is 9.13 Å². The van der Waals surface area contributed by atoms with Gasteiger partial charge in [0.15, 0.2) is 5.82 Å². The third kappa shape index (κ3) is 3.24. The van der Waals surface area contributed by atoms with Crippen molar-refractivity contribution >= 4 is 5.82 Å². The van der Waals surface area contributed by atoms with Crippen LogP contribution in [-0.4, -0.2) is 23.6 Å². The van der Waals surface area contributed by atoms with E-state index in [2.05, 4.69) is 10.4 Å². The zero-order valence-corrected chi connectivity index (χ0v) is 11.2. The second-order valence-corrected chi connectivity index (χ2v) is 4.28. The van der Waals surface area contributed by atoms with Crippen LogP contribution in [0.4, 0.5) is 10.2 Å². The van der Waals surface area contributed by atoms with Crippen molar-refractivity contribution in [1.29, 1.82) is 0 Å². The van der Waals surface area contributed by atoms with E-state index in [9.17, 15) is 4.39 Å². The van der Waals surface area contributed by atoms with Crippen molar-refractivity contribution in [2.75, 3.05) is 19.1 Å². The highest BCUT2D eigenvalue weighted by Gasteiger charge is 2.06. The van der Waals surface area contributed by atoms with Crippen LogP contribution in [0.2, 0.25) is 0 Å². The Kier molecular flexibility index (Phi) is 4.39. The lowest BCUT2D eigenvalue weighted by atomic mass is 10.2. The molecular weight excluding hydrogens is 245 g/mol. The van der Waals surface area contributed by atoms with Gasteiger partial charge in [-0.1, -0.05) is 18.2 Å². The summed E-state index contributed by atoms with van der Waals surface area (Å²) in [5.74, 6) is 1.62. The normalized spacial score (nSPS) is 10.5. The molecule has 1 aromatic heterocycles. The first-order valence-electron chi connectivity index (χ1n) is 6.20. The second-order valence-electron chi connectivity index (χ2n) is 4.28. The van der Waals surface area contributed by atoms with Crippen molar-refractivity contribution in [3.8, 4) is 5.75 Å². The average Bonchev–Trinajstić information content (AvgIpc) is 2.77. The molecule has 1 aromatic carbocycles. The maximum atomic E-state index is 12.3. The van der Waals surface area contributed by atoms with Crippen LogP contribution in [0.25, 0.3) is 0 Å². The third-order valence-electron chi connectivity index (χ3n) is 2.90. The zero-order chi connectivity index (χ0) is 13.7. The molecule has 0 radical (unpaired) electrons. The summed E-state index contributed by atoms with van der Waals surface area (Å²) in [5.41, 5.74) is 2.06. The molecule has 0 aliphatic rings. The lowest BCUT2D eigenvalue weighted by molar-refractivity contribution is 0.410. The maximum absolute atomic E-state index is 12.3. The van der Waals surface area contributed by atoms with Crippen LogP contribution in [0.5, 0.6) is 5.75 Å². The van der Waals surface area contributed by atoms with Crippen LogP contribution in [0.15, 0.2) is 30.5 Å². The van der Waals surface area contributed by atoms with Gasteiger partial charge in [-0.2, -0.15) is 5.10 Å². The molecule has 0 saturated heterocycles. The minimum absolute atomic E-state index is 0.289. The van der Waals surface area contributed by atoms with Crippen molar-refractivity contribution in [3.05, 3.63) is 41.6 Å². The highest BCUT2D eigenvalue weighted by atomic mass is 19.1. The summed E-state index contributed by atoms with van der Waals surface area (Å²) in [7, 11) is 1.65. The van der Waals surface area contributed by atoms with E-state index in [-0.39, 0.29) is 6.54 Å². The molecule has 0 aliphatic heterocycles. The Bertz CT molecular complexity index is 539. The van der Waals surface area contributed by atoms with E-state index in [1.165, 1.54) is 0 Å². The van der Waals surface area contributed by atoms with Crippen molar-refractivity contribution in [2.24, 2.45) is 0 Å². The molecule has 0 saturated carbocycles. The van der Waals surface area contributed by atoms with E-state index in [0.29, 0.717) is 6.54 Å². The van der Waals surface area contributed by atoms with E-state index in [0.717, 1.165) is 22.7 Å². The lowest BCUT2D eigenvalue weighted by Gasteiger charge is -2.09. The predicted molar refractivity (Wildman–Crippen MR) is 73.3 cm³/mol. The SMILES string of the molecule is COc1ccccc1CNc1nn(CCF)cc1C. The quantitative estimate of drug-likeness (QED) is 0.871. The number of ether oxygens (including phenoxy) is 1. The zero-order valence-electron chi connectivity index (χ0n) is 11.2. The molecule has 1 heterocycles. The number of nitrogens with one attached hydrogen (secondary N) is 1. The van der Waals surface area contributed by atoms with Crippen LogP contribution >= 0.6 is 0 Å². The molecule has 0 amide bonds. The Morgan fingerprint density at radius 1 is 1.37 bits per heavy atom. The Balaban J connectivity index is 2.05. The molecule has 102 valence electrons. The molecule has 0 aliphatic carbocycles. The first kappa shape index (κ1) is 13.4. The first-order chi connectivity index (χ1) is 9.24. The number of rotatable bonds is 6. The number of aromatic nitrogens is 2. The second kappa shape index (κ2) is 6.22. The summed E-state index contributed by atoms with van der Waals surface area (Å²) in [6, 6.07) is 7.82. The number of anilines is 1. The topological polar surface area (TPSA) is 39.1 Å². The molecule has 0 atom stereocenters. The largest absolute Gasteiger partial charge is 0.496 e. The smallest absolute Gasteiger partial charge is 0.151 e. The van der Waals surface area contributed by atoms with E-state index >= 15 is 0 Å². The van der Waals surface area contributed by atoms with Crippen LogP contribution in [0.1, 0.15) is 11.1 Å². The maximum Gasteiger partial charge on any atom is 0.151 e. The predicted octanol–water partition coefficient (Wildman–Crippen LogP) is 2.78. The average molecular weight is 263 g/mol. The van der Waals surface area contributed by atoms with E-state index < -0.39 is 6.67 Å². The van der Waals surface area contributed by atoms with Crippen LogP contribution in [-0.2, 0) is 13.1 Å². The fourth-order valence-corrected chi connectivity index (χ4v) is 1.92. The first-order valence-corrected chi connectivity index (χ1v) is 6.20. The van der Waals surface area contributed by atoms with Gasteiger partial charge >= 0.3 is 0 Å². The lowest BCUT2D eigenvalue weighted by Crippen LogP contribution is -2.05. The van der Waals surface area contributed by atoms with Crippen LogP contribution in [0, 0.1) is 6.92 Å². The van der Waals surface area contributed by atoms with Gasteiger partial charge in [0.1, 0.15) is 12.4 Å². The molecule has 1 N–H and O–H groups in total. The fourth-order valence-electron chi connectivity index (χ4n) is 1.92. The molecule has 0 fully saturated rings. The highest BCUT2D eigenvalue weighted by molar-refractivity contribution is 5.44. The van der Waals surface area contributed by atoms with Gasteiger partial charge in [0, 0.05) is 23.9 Å². The number of hydrogen-bond acceptors (Lipinski definition) is 3. The number of methoxy groups -OCH3 is 1. The fraction of sp³-hybridized carbons (Fsp3) is 0.357. The standard InChI is InChI=1S/C14H18FN3O/c1-11-10-18(8-7-15)17-14(11)16-9-12-5-3-4-6-13(12)19-2/h3-6,10H,7-9H2,1-2H3,(H,16,17). The summed E-state index contributed by atoms with van der Waals surface area (Å²) < 4.78 is 19.2. The van der Waals surface area contributed by atoms with Crippen LogP contribution < -0.4 is 10.1 Å². The van der Waals surface area contributed by atoms with Gasteiger partial charge in [0.2, 0.25) is 0 Å². The van der Waals surface area contributed by atoms with Gasteiger partial charge in [-0.3, -0.25) is 4.68 Å². The van der Waals surface area contributed by atoms with Gasteiger partial charge < -0.3 is 10.1 Å². The number of nitrogens with zero attached hydrogens (tertiary/aromatic N) is 2. The minimum atomic E-state index is -0.410.